The minimum absolute atomic E-state index is 0.422. The Morgan fingerprint density at radius 2 is 1.97 bits per heavy atom. The summed E-state index contributed by atoms with van der Waals surface area (Å²) >= 11 is 0. The lowest BCUT2D eigenvalue weighted by atomic mass is 9.97. The second-order valence-corrected chi connectivity index (χ2v) is 9.07. The molecule has 1 saturated heterocycles. The maximum Gasteiger partial charge on any atom is 0.152 e. The van der Waals surface area contributed by atoms with Crippen LogP contribution in [-0.2, 0) is 29.3 Å². The highest BCUT2D eigenvalue weighted by atomic mass is 16.6. The molecule has 1 aliphatic rings. The van der Waals surface area contributed by atoms with Gasteiger partial charge in [0.25, 0.3) is 0 Å². The van der Waals surface area contributed by atoms with E-state index in [2.05, 4.69) is 33.2 Å². The van der Waals surface area contributed by atoms with E-state index >= 15 is 0 Å². The van der Waals surface area contributed by atoms with E-state index in [0.29, 0.717) is 24.9 Å². The van der Waals surface area contributed by atoms with Crippen LogP contribution in [0.5, 0.6) is 5.75 Å². The number of benzene rings is 2. The van der Waals surface area contributed by atoms with Gasteiger partial charge in [0.15, 0.2) is 5.82 Å². The molecule has 5 rings (SSSR count). The van der Waals surface area contributed by atoms with Crippen molar-refractivity contribution < 1.29 is 14.3 Å². The van der Waals surface area contributed by atoms with Crippen LogP contribution in [0.3, 0.4) is 0 Å². The monoisotopic (exact) mass is 475 g/mol. The molecule has 0 aliphatic carbocycles. The summed E-state index contributed by atoms with van der Waals surface area (Å²) in [4.78, 5) is 14.7. The highest BCUT2D eigenvalue weighted by molar-refractivity contribution is 6.06. The molecule has 1 aliphatic heterocycles. The molecule has 0 radical (unpaired) electrons. The Morgan fingerprint density at radius 1 is 1.09 bits per heavy atom. The summed E-state index contributed by atoms with van der Waals surface area (Å²) in [5.41, 5.74) is 13.0. The van der Waals surface area contributed by atoms with Gasteiger partial charge < -0.3 is 24.6 Å². The maximum atomic E-state index is 6.43. The number of nitrogen functional groups attached to an aromatic ring is 1. The first-order valence-corrected chi connectivity index (χ1v) is 12.3. The molecule has 8 heteroatoms. The van der Waals surface area contributed by atoms with E-state index in [9.17, 15) is 0 Å². The summed E-state index contributed by atoms with van der Waals surface area (Å²) in [7, 11) is 1.61. The summed E-state index contributed by atoms with van der Waals surface area (Å²) in [6, 6.07) is 16.1. The van der Waals surface area contributed by atoms with Crippen LogP contribution < -0.4 is 16.0 Å². The van der Waals surface area contributed by atoms with E-state index in [1.807, 2.05) is 30.3 Å². The van der Waals surface area contributed by atoms with Crippen molar-refractivity contribution in [3.8, 4) is 5.75 Å². The van der Waals surface area contributed by atoms with E-state index in [0.717, 1.165) is 71.7 Å². The van der Waals surface area contributed by atoms with Gasteiger partial charge >= 0.3 is 0 Å². The van der Waals surface area contributed by atoms with Crippen LogP contribution in [0.25, 0.3) is 21.9 Å². The zero-order chi connectivity index (χ0) is 24.0. The number of ether oxygens (including phenoxy) is 2. The van der Waals surface area contributed by atoms with Crippen molar-refractivity contribution in [1.29, 1.82) is 0 Å². The van der Waals surface area contributed by atoms with Gasteiger partial charge in [-0.1, -0.05) is 36.8 Å². The topological polar surface area (TPSA) is 96.5 Å². The standard InChI is InChI=1S/C27H33N5O3/c1-33-29-16-24-31-25-26(32(24)17-19-7-5-6-13-34-14-12-19)22-11-10-21(15-23(22)30-27(25)28)35-18-20-8-3-2-4-9-20/h2-4,8-11,15,19,29H,5-7,12-14,16-18H2,1H3,(H2,28,30). The molecule has 8 nitrogen and oxygen atoms in total. The zero-order valence-corrected chi connectivity index (χ0v) is 20.2. The van der Waals surface area contributed by atoms with Crippen molar-refractivity contribution in [3.05, 3.63) is 59.9 Å². The van der Waals surface area contributed by atoms with Gasteiger partial charge in [0, 0.05) is 31.2 Å². The van der Waals surface area contributed by atoms with Gasteiger partial charge in [-0.15, -0.1) is 0 Å². The number of nitrogens with one attached hydrogen (secondary N) is 1. The van der Waals surface area contributed by atoms with Gasteiger partial charge in [-0.25, -0.2) is 9.97 Å². The predicted octanol–water partition coefficient (Wildman–Crippen LogP) is 4.60. The molecule has 35 heavy (non-hydrogen) atoms. The molecule has 3 N–H and O–H groups in total. The fourth-order valence-corrected chi connectivity index (χ4v) is 4.81. The number of rotatable bonds is 8. The fraction of sp³-hybridized carbons (Fsp3) is 0.407. The Labute approximate surface area is 205 Å². The van der Waals surface area contributed by atoms with Crippen LogP contribution in [0.2, 0.25) is 0 Å². The van der Waals surface area contributed by atoms with Gasteiger partial charge in [-0.05, 0) is 42.9 Å². The number of imidazole rings is 1. The number of hydroxylamine groups is 1. The zero-order valence-electron chi connectivity index (χ0n) is 20.2. The summed E-state index contributed by atoms with van der Waals surface area (Å²) in [6.07, 6.45) is 4.50. The van der Waals surface area contributed by atoms with E-state index in [1.54, 1.807) is 7.11 Å². The summed E-state index contributed by atoms with van der Waals surface area (Å²) in [5.74, 6) is 2.57. The number of hydrogen-bond acceptors (Lipinski definition) is 7. The fourth-order valence-electron chi connectivity index (χ4n) is 4.81. The molecule has 1 atom stereocenters. The van der Waals surface area contributed by atoms with Gasteiger partial charge in [0.2, 0.25) is 0 Å². The largest absolute Gasteiger partial charge is 0.489 e. The molecule has 0 spiro atoms. The minimum atomic E-state index is 0.422. The minimum Gasteiger partial charge on any atom is -0.489 e. The lowest BCUT2D eigenvalue weighted by Gasteiger charge is -2.22. The molecule has 2 aromatic carbocycles. The number of anilines is 1. The van der Waals surface area contributed by atoms with Crippen molar-refractivity contribution in [1.82, 2.24) is 20.0 Å². The van der Waals surface area contributed by atoms with Gasteiger partial charge in [-0.2, -0.15) is 5.48 Å². The number of pyridine rings is 1. The van der Waals surface area contributed by atoms with Crippen LogP contribution in [0.15, 0.2) is 48.5 Å². The molecule has 2 aromatic heterocycles. The number of fused-ring (bicyclic) bond motifs is 3. The lowest BCUT2D eigenvalue weighted by molar-refractivity contribution is 0.0827. The summed E-state index contributed by atoms with van der Waals surface area (Å²) < 4.78 is 14.1. The SMILES string of the molecule is CONCc1nc2c(N)nc3cc(OCc4ccccc4)ccc3c2n1CC1CCCCOCC1. The molecular formula is C27H33N5O3. The Balaban J connectivity index is 1.52. The first-order chi connectivity index (χ1) is 17.2. The molecule has 0 saturated carbocycles. The predicted molar refractivity (Wildman–Crippen MR) is 137 cm³/mol. The van der Waals surface area contributed by atoms with Crippen LogP contribution in [0.4, 0.5) is 5.82 Å². The maximum absolute atomic E-state index is 6.43. The van der Waals surface area contributed by atoms with E-state index in [-0.39, 0.29) is 0 Å². The molecule has 0 amide bonds. The Bertz CT molecular complexity index is 1270. The molecule has 3 heterocycles. The smallest absolute Gasteiger partial charge is 0.152 e. The second kappa shape index (κ2) is 11.0. The molecule has 0 bridgehead atoms. The van der Waals surface area contributed by atoms with Crippen molar-refractivity contribution in [2.24, 2.45) is 5.92 Å². The van der Waals surface area contributed by atoms with E-state index < -0.39 is 0 Å². The quantitative estimate of drug-likeness (QED) is 0.359. The van der Waals surface area contributed by atoms with E-state index in [1.165, 1.54) is 12.8 Å². The number of hydrogen-bond donors (Lipinski definition) is 2. The third kappa shape index (κ3) is 5.40. The van der Waals surface area contributed by atoms with E-state index in [4.69, 9.17) is 25.0 Å². The van der Waals surface area contributed by atoms with Crippen molar-refractivity contribution in [2.45, 2.75) is 45.4 Å². The highest BCUT2D eigenvalue weighted by Crippen LogP contribution is 2.32. The van der Waals surface area contributed by atoms with Gasteiger partial charge in [0.1, 0.15) is 23.7 Å². The number of nitrogens with zero attached hydrogens (tertiary/aromatic N) is 3. The van der Waals surface area contributed by atoms with Gasteiger partial charge in [-0.3, -0.25) is 0 Å². The molecule has 1 fully saturated rings. The highest BCUT2D eigenvalue weighted by Gasteiger charge is 2.21. The Kier molecular flexibility index (Phi) is 7.42. The Morgan fingerprint density at radius 3 is 2.83 bits per heavy atom. The normalized spacial score (nSPS) is 16.9. The first-order valence-electron chi connectivity index (χ1n) is 12.3. The lowest BCUT2D eigenvalue weighted by Crippen LogP contribution is -2.20. The number of nitrogens with two attached hydrogens (primary N) is 1. The molecule has 1 unspecified atom stereocenters. The molecular weight excluding hydrogens is 442 g/mol. The van der Waals surface area contributed by atoms with Crippen LogP contribution in [0, 0.1) is 5.92 Å². The molecule has 4 aromatic rings. The molecule has 184 valence electrons. The van der Waals surface area contributed by atoms with Crippen molar-refractivity contribution >= 4 is 27.8 Å². The van der Waals surface area contributed by atoms with Crippen LogP contribution >= 0.6 is 0 Å². The average Bonchev–Trinajstić information content (AvgIpc) is 3.22. The first kappa shape index (κ1) is 23.5. The van der Waals surface area contributed by atoms with Crippen molar-refractivity contribution in [2.75, 3.05) is 26.1 Å². The van der Waals surface area contributed by atoms with Gasteiger partial charge in [0.05, 0.1) is 24.7 Å². The van der Waals surface area contributed by atoms with Crippen LogP contribution in [-0.4, -0.2) is 34.9 Å². The second-order valence-electron chi connectivity index (χ2n) is 9.07. The summed E-state index contributed by atoms with van der Waals surface area (Å²) in [6.45, 7) is 3.50. The Hall–Kier alpha value is -3.20. The third-order valence-electron chi connectivity index (χ3n) is 6.64. The van der Waals surface area contributed by atoms with Crippen LogP contribution in [0.1, 0.15) is 37.1 Å². The summed E-state index contributed by atoms with van der Waals surface area (Å²) in [5, 5.41) is 1.01. The number of aromatic nitrogens is 3. The average molecular weight is 476 g/mol. The third-order valence-corrected chi connectivity index (χ3v) is 6.64. The van der Waals surface area contributed by atoms with Crippen molar-refractivity contribution in [3.63, 3.8) is 0 Å².